The van der Waals surface area contributed by atoms with E-state index >= 15 is 0 Å². The molecule has 0 saturated carbocycles. The van der Waals surface area contributed by atoms with Crippen LogP contribution in [-0.2, 0) is 6.54 Å². The number of halogens is 1. The van der Waals surface area contributed by atoms with E-state index in [4.69, 9.17) is 27.8 Å². The Morgan fingerprint density at radius 3 is 2.66 bits per heavy atom. The van der Waals surface area contributed by atoms with E-state index in [1.807, 2.05) is 56.6 Å². The number of nitrogens with two attached hydrogens (primary N) is 2. The molecule has 6 nitrogen and oxygen atoms in total. The number of hydrogen-bond donors (Lipinski definition) is 2. The number of ether oxygens (including phenoxy) is 1. The first-order valence-electron chi connectivity index (χ1n) is 9.48. The highest BCUT2D eigenvalue weighted by molar-refractivity contribution is 6.32. The van der Waals surface area contributed by atoms with Gasteiger partial charge in [-0.05, 0) is 38.2 Å². The van der Waals surface area contributed by atoms with E-state index in [1.165, 1.54) is 0 Å². The van der Waals surface area contributed by atoms with Crippen molar-refractivity contribution in [2.75, 3.05) is 33.0 Å². The van der Waals surface area contributed by atoms with Crippen LogP contribution >= 0.6 is 11.6 Å². The summed E-state index contributed by atoms with van der Waals surface area (Å²) in [7, 11) is 4.07. The van der Waals surface area contributed by atoms with Crippen molar-refractivity contribution >= 4 is 17.4 Å². The van der Waals surface area contributed by atoms with Crippen LogP contribution in [0.15, 0.2) is 48.7 Å². The zero-order chi connectivity index (χ0) is 20.8. The number of benzene rings is 2. The molecule has 1 aromatic heterocycles. The van der Waals surface area contributed by atoms with Gasteiger partial charge in [-0.3, -0.25) is 4.98 Å². The molecule has 3 rings (SSSR count). The van der Waals surface area contributed by atoms with Crippen molar-refractivity contribution in [2.45, 2.75) is 13.0 Å². The summed E-state index contributed by atoms with van der Waals surface area (Å²) in [6.45, 7) is 1.92. The van der Waals surface area contributed by atoms with Crippen molar-refractivity contribution in [3.05, 3.63) is 59.2 Å². The fourth-order valence-corrected chi connectivity index (χ4v) is 3.23. The standard InChI is InChI=1S/C22H26ClN5O/c1-28(2)10-5-11-29-19-12-15(8-9-18(19)23)21-22(27-20(25)14-26-21)17-7-4-3-6-16(17)13-24/h3-4,6-9,12,14H,5,10-11,13,24H2,1-2H3,(H2,25,27). The lowest BCUT2D eigenvalue weighted by Crippen LogP contribution is -2.15. The topological polar surface area (TPSA) is 90.3 Å². The Balaban J connectivity index is 1.98. The number of hydrogen-bond acceptors (Lipinski definition) is 6. The summed E-state index contributed by atoms with van der Waals surface area (Å²) in [5, 5.41) is 0.561. The minimum atomic E-state index is 0.352. The molecule has 0 aliphatic rings. The largest absolute Gasteiger partial charge is 0.492 e. The summed E-state index contributed by atoms with van der Waals surface area (Å²) in [4.78, 5) is 11.2. The summed E-state index contributed by atoms with van der Waals surface area (Å²) < 4.78 is 5.91. The third kappa shape index (κ3) is 5.23. The molecule has 29 heavy (non-hydrogen) atoms. The maximum absolute atomic E-state index is 6.35. The van der Waals surface area contributed by atoms with Gasteiger partial charge < -0.3 is 21.1 Å². The molecule has 1 heterocycles. The van der Waals surface area contributed by atoms with E-state index in [0.717, 1.165) is 29.7 Å². The summed E-state index contributed by atoms with van der Waals surface area (Å²) in [6, 6.07) is 13.5. The van der Waals surface area contributed by atoms with Crippen molar-refractivity contribution < 1.29 is 4.74 Å². The van der Waals surface area contributed by atoms with E-state index in [1.54, 1.807) is 6.20 Å². The molecular formula is C22H26ClN5O. The Morgan fingerprint density at radius 2 is 1.90 bits per heavy atom. The minimum Gasteiger partial charge on any atom is -0.492 e. The smallest absolute Gasteiger partial charge is 0.142 e. The molecule has 0 unspecified atom stereocenters. The summed E-state index contributed by atoms with van der Waals surface area (Å²) in [5.74, 6) is 0.976. The van der Waals surface area contributed by atoms with Crippen LogP contribution in [0.25, 0.3) is 22.5 Å². The van der Waals surface area contributed by atoms with E-state index in [-0.39, 0.29) is 0 Å². The molecule has 0 atom stereocenters. The van der Waals surface area contributed by atoms with E-state index in [0.29, 0.717) is 41.1 Å². The monoisotopic (exact) mass is 411 g/mol. The van der Waals surface area contributed by atoms with Gasteiger partial charge in [-0.1, -0.05) is 41.9 Å². The van der Waals surface area contributed by atoms with Crippen molar-refractivity contribution in [1.29, 1.82) is 0 Å². The third-order valence-corrected chi connectivity index (χ3v) is 4.81. The second-order valence-corrected chi connectivity index (χ2v) is 7.41. The Hall–Kier alpha value is -2.67. The van der Waals surface area contributed by atoms with E-state index in [9.17, 15) is 0 Å². The molecule has 2 aromatic carbocycles. The second kappa shape index (κ2) is 9.69. The molecule has 0 radical (unpaired) electrons. The zero-order valence-corrected chi connectivity index (χ0v) is 17.5. The lowest BCUT2D eigenvalue weighted by Gasteiger charge is -2.14. The predicted molar refractivity (Wildman–Crippen MR) is 119 cm³/mol. The normalized spacial score (nSPS) is 11.1. The van der Waals surface area contributed by atoms with Crippen LogP contribution in [-0.4, -0.2) is 42.1 Å². The molecule has 4 N–H and O–H groups in total. The van der Waals surface area contributed by atoms with Gasteiger partial charge in [-0.15, -0.1) is 0 Å². The van der Waals surface area contributed by atoms with Gasteiger partial charge in [0.1, 0.15) is 11.6 Å². The van der Waals surface area contributed by atoms with Crippen LogP contribution < -0.4 is 16.2 Å². The second-order valence-electron chi connectivity index (χ2n) is 7.00. The lowest BCUT2D eigenvalue weighted by molar-refractivity contribution is 0.282. The predicted octanol–water partition coefficient (Wildman–Crippen LogP) is 3.84. The Morgan fingerprint density at radius 1 is 1.10 bits per heavy atom. The molecule has 0 fully saturated rings. The van der Waals surface area contributed by atoms with Crippen LogP contribution in [0.1, 0.15) is 12.0 Å². The maximum atomic E-state index is 6.35. The Kier molecular flexibility index (Phi) is 7.04. The molecule has 0 saturated heterocycles. The average Bonchev–Trinajstić information content (AvgIpc) is 2.72. The third-order valence-electron chi connectivity index (χ3n) is 4.50. The zero-order valence-electron chi connectivity index (χ0n) is 16.7. The van der Waals surface area contributed by atoms with E-state index < -0.39 is 0 Å². The molecule has 0 amide bonds. The van der Waals surface area contributed by atoms with Crippen LogP contribution in [0.5, 0.6) is 5.75 Å². The van der Waals surface area contributed by atoms with Gasteiger partial charge in [0, 0.05) is 24.2 Å². The average molecular weight is 412 g/mol. The van der Waals surface area contributed by atoms with Gasteiger partial charge in [0.2, 0.25) is 0 Å². The fraction of sp³-hybridized carbons (Fsp3) is 0.273. The van der Waals surface area contributed by atoms with Gasteiger partial charge >= 0.3 is 0 Å². The highest BCUT2D eigenvalue weighted by Crippen LogP contribution is 2.35. The molecule has 0 aliphatic heterocycles. The number of anilines is 1. The molecule has 0 spiro atoms. The summed E-state index contributed by atoms with van der Waals surface area (Å²) in [5.41, 5.74) is 16.0. The van der Waals surface area contributed by atoms with Crippen molar-refractivity contribution in [3.8, 4) is 28.3 Å². The first kappa shape index (κ1) is 21.0. The van der Waals surface area contributed by atoms with Crippen LogP contribution in [0.2, 0.25) is 5.02 Å². The lowest BCUT2D eigenvalue weighted by atomic mass is 9.99. The van der Waals surface area contributed by atoms with Gasteiger partial charge in [-0.2, -0.15) is 0 Å². The molecule has 3 aromatic rings. The first-order valence-corrected chi connectivity index (χ1v) is 9.85. The highest BCUT2D eigenvalue weighted by atomic mass is 35.5. The molecule has 152 valence electrons. The molecule has 7 heteroatoms. The number of rotatable bonds is 8. The van der Waals surface area contributed by atoms with Crippen LogP contribution in [0, 0.1) is 0 Å². The quantitative estimate of drug-likeness (QED) is 0.547. The Bertz CT molecular complexity index is 977. The van der Waals surface area contributed by atoms with Gasteiger partial charge in [0.25, 0.3) is 0 Å². The molecular weight excluding hydrogens is 386 g/mol. The van der Waals surface area contributed by atoms with Crippen molar-refractivity contribution in [2.24, 2.45) is 5.73 Å². The van der Waals surface area contributed by atoms with Crippen molar-refractivity contribution in [3.63, 3.8) is 0 Å². The molecule has 0 aliphatic carbocycles. The number of nitrogen functional groups attached to an aromatic ring is 1. The van der Waals surface area contributed by atoms with Gasteiger partial charge in [0.05, 0.1) is 29.2 Å². The fourth-order valence-electron chi connectivity index (χ4n) is 3.06. The van der Waals surface area contributed by atoms with Crippen LogP contribution in [0.4, 0.5) is 5.82 Å². The number of aromatic nitrogens is 2. The Labute approximate surface area is 176 Å². The minimum absolute atomic E-state index is 0.352. The first-order chi connectivity index (χ1) is 14.0. The summed E-state index contributed by atoms with van der Waals surface area (Å²) >= 11 is 6.35. The summed E-state index contributed by atoms with van der Waals surface area (Å²) in [6.07, 6.45) is 2.46. The molecule has 0 bridgehead atoms. The highest BCUT2D eigenvalue weighted by Gasteiger charge is 2.16. The van der Waals surface area contributed by atoms with Gasteiger partial charge in [0.15, 0.2) is 0 Å². The maximum Gasteiger partial charge on any atom is 0.142 e. The van der Waals surface area contributed by atoms with E-state index in [2.05, 4.69) is 14.9 Å². The van der Waals surface area contributed by atoms with Gasteiger partial charge in [-0.25, -0.2) is 4.98 Å². The SMILES string of the molecule is CN(C)CCCOc1cc(-c2ncc(N)nc2-c2ccccc2CN)ccc1Cl. The van der Waals surface area contributed by atoms with Crippen molar-refractivity contribution in [1.82, 2.24) is 14.9 Å². The number of nitrogens with zero attached hydrogens (tertiary/aromatic N) is 3. The van der Waals surface area contributed by atoms with Crippen LogP contribution in [0.3, 0.4) is 0 Å².